The molecular weight excluding hydrogens is 375 g/mol. The van der Waals surface area contributed by atoms with Gasteiger partial charge in [0.15, 0.2) is 16.2 Å². The van der Waals surface area contributed by atoms with Gasteiger partial charge >= 0.3 is 11.9 Å². The number of H-pyrrole nitrogens is 1. The highest BCUT2D eigenvalue weighted by molar-refractivity contribution is 7.71. The molecule has 128 valence electrons. The van der Waals surface area contributed by atoms with Crippen molar-refractivity contribution in [3.63, 3.8) is 0 Å². The topological polar surface area (TPSA) is 73.3 Å². The van der Waals surface area contributed by atoms with E-state index in [0.717, 1.165) is 5.56 Å². The molecule has 6 nitrogen and oxygen atoms in total. The van der Waals surface area contributed by atoms with Crippen molar-refractivity contribution >= 4 is 47.4 Å². The van der Waals surface area contributed by atoms with Gasteiger partial charge in [0.2, 0.25) is 0 Å². The normalized spacial score (nSPS) is 11.9. The third-order valence-corrected chi connectivity index (χ3v) is 4.55. The zero-order chi connectivity index (χ0) is 18.0. The Morgan fingerprint density at radius 3 is 2.33 bits per heavy atom. The van der Waals surface area contributed by atoms with Gasteiger partial charge in [-0.1, -0.05) is 29.3 Å². The molecule has 9 heteroatoms. The number of aromatic amines is 1. The molecule has 0 saturated carbocycles. The zero-order valence-corrected chi connectivity index (χ0v) is 15.4. The summed E-state index contributed by atoms with van der Waals surface area (Å²) in [6, 6.07) is 4.66. The summed E-state index contributed by atoms with van der Waals surface area (Å²) in [7, 11) is 2.42. The summed E-state index contributed by atoms with van der Waals surface area (Å²) in [6.07, 6.45) is 0. The quantitative estimate of drug-likeness (QED) is 0.631. The Hall–Kier alpha value is -1.83. The lowest BCUT2D eigenvalue weighted by Crippen LogP contribution is -2.18. The van der Waals surface area contributed by atoms with Gasteiger partial charge in [0, 0.05) is 0 Å². The number of hydrogen-bond acceptors (Lipinski definition) is 5. The van der Waals surface area contributed by atoms with Gasteiger partial charge in [-0.25, -0.2) is 9.59 Å². The highest BCUT2D eigenvalue weighted by Crippen LogP contribution is 2.29. The fourth-order valence-corrected chi connectivity index (χ4v) is 2.94. The molecule has 2 rings (SSSR count). The lowest BCUT2D eigenvalue weighted by Gasteiger charge is -2.17. The van der Waals surface area contributed by atoms with E-state index in [9.17, 15) is 9.59 Å². The van der Waals surface area contributed by atoms with Gasteiger partial charge < -0.3 is 19.0 Å². The number of nitrogens with zero attached hydrogens (tertiary/aromatic N) is 1. The van der Waals surface area contributed by atoms with Crippen molar-refractivity contribution in [2.75, 3.05) is 14.2 Å². The standard InChI is InChI=1S/C15H14Cl2N2O4S/c1-7(8-4-5-9(16)10(17)6-8)19-12(14(21)23-3)11(13(20)22-2)18-15(19)24/h4-7H,1-3H3,(H,18,24). The first kappa shape index (κ1) is 18.5. The van der Waals surface area contributed by atoms with E-state index in [-0.39, 0.29) is 16.2 Å². The van der Waals surface area contributed by atoms with E-state index >= 15 is 0 Å². The van der Waals surface area contributed by atoms with E-state index in [2.05, 4.69) is 9.72 Å². The first-order valence-corrected chi connectivity index (χ1v) is 7.94. The molecule has 1 N–H and O–H groups in total. The number of aromatic nitrogens is 2. The van der Waals surface area contributed by atoms with E-state index in [1.165, 1.54) is 18.8 Å². The van der Waals surface area contributed by atoms with E-state index in [1.54, 1.807) is 25.1 Å². The predicted molar refractivity (Wildman–Crippen MR) is 92.6 cm³/mol. The van der Waals surface area contributed by atoms with Crippen molar-refractivity contribution in [2.45, 2.75) is 13.0 Å². The van der Waals surface area contributed by atoms with Gasteiger partial charge in [0.1, 0.15) is 0 Å². The van der Waals surface area contributed by atoms with Crippen LogP contribution in [0.3, 0.4) is 0 Å². The molecule has 0 saturated heterocycles. The van der Waals surface area contributed by atoms with Crippen LogP contribution < -0.4 is 0 Å². The molecule has 0 aliphatic carbocycles. The van der Waals surface area contributed by atoms with Crippen LogP contribution >= 0.6 is 35.4 Å². The van der Waals surface area contributed by atoms with Crippen LogP contribution in [0.5, 0.6) is 0 Å². The number of benzene rings is 1. The number of methoxy groups -OCH3 is 2. The third-order valence-electron chi connectivity index (χ3n) is 3.51. The lowest BCUT2D eigenvalue weighted by molar-refractivity contribution is 0.0543. The molecule has 1 aromatic carbocycles. The molecule has 0 amide bonds. The minimum Gasteiger partial charge on any atom is -0.464 e. The van der Waals surface area contributed by atoms with Crippen LogP contribution in [0.2, 0.25) is 10.0 Å². The summed E-state index contributed by atoms with van der Waals surface area (Å²) in [5, 5.41) is 0.782. The number of esters is 2. The molecule has 1 heterocycles. The number of halogens is 2. The van der Waals surface area contributed by atoms with Crippen molar-refractivity contribution in [2.24, 2.45) is 0 Å². The van der Waals surface area contributed by atoms with E-state index < -0.39 is 18.0 Å². The number of hydrogen-bond donors (Lipinski definition) is 1. The minimum atomic E-state index is -0.721. The predicted octanol–water partition coefficient (Wildman–Crippen LogP) is 4.03. The Balaban J connectivity index is 2.66. The van der Waals surface area contributed by atoms with Gasteiger partial charge in [-0.15, -0.1) is 0 Å². The van der Waals surface area contributed by atoms with Gasteiger partial charge in [0.05, 0.1) is 30.3 Å². The molecule has 0 spiro atoms. The minimum absolute atomic E-state index is 0.0204. The van der Waals surface area contributed by atoms with Crippen LogP contribution in [-0.2, 0) is 9.47 Å². The van der Waals surface area contributed by atoms with Crippen LogP contribution in [0.4, 0.5) is 0 Å². The van der Waals surface area contributed by atoms with Crippen molar-refractivity contribution in [3.05, 3.63) is 50.0 Å². The number of carbonyl (C=O) groups excluding carboxylic acids is 2. The molecule has 0 fully saturated rings. The molecule has 1 aromatic heterocycles. The molecule has 0 bridgehead atoms. The highest BCUT2D eigenvalue weighted by atomic mass is 35.5. The zero-order valence-electron chi connectivity index (χ0n) is 13.1. The number of rotatable bonds is 4. The van der Waals surface area contributed by atoms with Gasteiger partial charge in [-0.05, 0) is 36.8 Å². The Bertz CT molecular complexity index is 860. The Labute approximate surface area is 153 Å². The number of imidazole rings is 1. The van der Waals surface area contributed by atoms with Gasteiger partial charge in [0.25, 0.3) is 0 Å². The van der Waals surface area contributed by atoms with Crippen LogP contribution in [0.15, 0.2) is 18.2 Å². The largest absolute Gasteiger partial charge is 0.464 e. The average Bonchev–Trinajstić information content (AvgIpc) is 2.92. The first-order valence-electron chi connectivity index (χ1n) is 6.77. The van der Waals surface area contributed by atoms with Crippen molar-refractivity contribution < 1.29 is 19.1 Å². The second-order valence-corrected chi connectivity index (χ2v) is 6.06. The Kier molecular flexibility index (Phi) is 5.69. The molecule has 1 unspecified atom stereocenters. The van der Waals surface area contributed by atoms with Crippen LogP contribution in [0.25, 0.3) is 0 Å². The summed E-state index contributed by atoms with van der Waals surface area (Å²) in [5.74, 6) is -1.43. The monoisotopic (exact) mass is 388 g/mol. The molecular formula is C15H14Cl2N2O4S. The maximum atomic E-state index is 12.2. The smallest absolute Gasteiger partial charge is 0.357 e. The van der Waals surface area contributed by atoms with E-state index in [0.29, 0.717) is 10.0 Å². The second-order valence-electron chi connectivity index (χ2n) is 4.86. The number of ether oxygens (including phenoxy) is 2. The fourth-order valence-electron chi connectivity index (χ4n) is 2.29. The summed E-state index contributed by atoms with van der Waals surface area (Å²) >= 11 is 17.2. The summed E-state index contributed by atoms with van der Waals surface area (Å²) in [4.78, 5) is 26.8. The van der Waals surface area contributed by atoms with E-state index in [4.69, 9.17) is 40.2 Å². The molecule has 24 heavy (non-hydrogen) atoms. The maximum absolute atomic E-state index is 12.2. The SMILES string of the molecule is COC(=O)c1[nH]c(=S)n(C(C)c2ccc(Cl)c(Cl)c2)c1C(=O)OC. The first-order chi connectivity index (χ1) is 11.3. The molecule has 2 aromatic rings. The number of carbonyl (C=O) groups is 2. The average molecular weight is 389 g/mol. The van der Waals surface area contributed by atoms with Crippen LogP contribution in [0.1, 0.15) is 39.5 Å². The fraction of sp³-hybridized carbons (Fsp3) is 0.267. The van der Waals surface area contributed by atoms with Crippen molar-refractivity contribution in [1.82, 2.24) is 9.55 Å². The lowest BCUT2D eigenvalue weighted by atomic mass is 10.1. The van der Waals surface area contributed by atoms with E-state index in [1.807, 2.05) is 0 Å². The third kappa shape index (κ3) is 3.33. The van der Waals surface area contributed by atoms with Crippen LogP contribution in [0, 0.1) is 4.77 Å². The second kappa shape index (κ2) is 7.38. The highest BCUT2D eigenvalue weighted by Gasteiger charge is 2.28. The Morgan fingerprint density at radius 2 is 1.79 bits per heavy atom. The Morgan fingerprint density at radius 1 is 1.17 bits per heavy atom. The summed E-state index contributed by atoms with van der Waals surface area (Å²) < 4.78 is 11.1. The summed E-state index contributed by atoms with van der Waals surface area (Å²) in [6.45, 7) is 1.80. The van der Waals surface area contributed by atoms with Crippen molar-refractivity contribution in [3.8, 4) is 0 Å². The molecule has 0 radical (unpaired) electrons. The van der Waals surface area contributed by atoms with Crippen molar-refractivity contribution in [1.29, 1.82) is 0 Å². The summed E-state index contributed by atoms with van der Waals surface area (Å²) in [5.41, 5.74) is 0.662. The van der Waals surface area contributed by atoms with Gasteiger partial charge in [-0.3, -0.25) is 0 Å². The number of nitrogens with one attached hydrogen (secondary N) is 1. The molecule has 0 aliphatic rings. The molecule has 0 aliphatic heterocycles. The van der Waals surface area contributed by atoms with Gasteiger partial charge in [-0.2, -0.15) is 0 Å². The van der Waals surface area contributed by atoms with Crippen LogP contribution in [-0.4, -0.2) is 35.7 Å². The maximum Gasteiger partial charge on any atom is 0.357 e. The molecule has 1 atom stereocenters.